The van der Waals surface area contributed by atoms with E-state index < -0.39 is 5.60 Å². The molecule has 2 amide bonds. The van der Waals surface area contributed by atoms with E-state index in [-0.39, 0.29) is 29.6 Å². The van der Waals surface area contributed by atoms with Crippen LogP contribution in [0.5, 0.6) is 0 Å². The lowest BCUT2D eigenvalue weighted by Crippen LogP contribution is -2.47. The lowest BCUT2D eigenvalue weighted by molar-refractivity contribution is -0.126. The first-order valence-corrected chi connectivity index (χ1v) is 9.25. The molecular formula is C16H22BrClN4O3. The number of amides is 2. The lowest BCUT2D eigenvalue weighted by atomic mass is 9.97. The molecule has 0 spiro atoms. The number of hydrogen-bond donors (Lipinski definition) is 1. The van der Waals surface area contributed by atoms with Gasteiger partial charge in [0, 0.05) is 13.1 Å². The van der Waals surface area contributed by atoms with Crippen LogP contribution < -0.4 is 5.32 Å². The van der Waals surface area contributed by atoms with Gasteiger partial charge in [-0.1, -0.05) is 11.6 Å². The summed E-state index contributed by atoms with van der Waals surface area (Å²) in [6, 6.07) is 0. The van der Waals surface area contributed by atoms with Crippen molar-refractivity contribution in [2.45, 2.75) is 45.8 Å². The first-order chi connectivity index (χ1) is 11.7. The Balaban J connectivity index is 1.91. The van der Waals surface area contributed by atoms with Crippen molar-refractivity contribution in [2.75, 3.05) is 13.1 Å². The minimum atomic E-state index is -0.553. The zero-order valence-electron chi connectivity index (χ0n) is 14.5. The molecule has 1 aromatic rings. The van der Waals surface area contributed by atoms with Crippen molar-refractivity contribution in [3.8, 4) is 0 Å². The second kappa shape index (κ2) is 8.31. The lowest BCUT2D eigenvalue weighted by Gasteiger charge is -2.33. The molecule has 1 aromatic heterocycles. The van der Waals surface area contributed by atoms with Crippen LogP contribution >= 0.6 is 27.5 Å². The van der Waals surface area contributed by atoms with Gasteiger partial charge in [-0.15, -0.1) is 0 Å². The van der Waals surface area contributed by atoms with Crippen molar-refractivity contribution in [3.63, 3.8) is 0 Å². The maximum Gasteiger partial charge on any atom is 0.410 e. The quantitative estimate of drug-likeness (QED) is 0.791. The zero-order chi connectivity index (χ0) is 18.6. The third-order valence-corrected chi connectivity index (χ3v) is 4.34. The Kier molecular flexibility index (Phi) is 6.62. The third kappa shape index (κ3) is 6.11. The molecule has 1 fully saturated rings. The Labute approximate surface area is 160 Å². The van der Waals surface area contributed by atoms with Crippen LogP contribution in [-0.4, -0.2) is 45.6 Å². The Hall–Kier alpha value is -1.41. The van der Waals surface area contributed by atoms with Crippen molar-refractivity contribution in [1.82, 2.24) is 20.2 Å². The normalized spacial score (nSPS) is 18.0. The van der Waals surface area contributed by atoms with E-state index in [1.807, 2.05) is 20.8 Å². The van der Waals surface area contributed by atoms with Gasteiger partial charge in [-0.05, 0) is 49.5 Å². The van der Waals surface area contributed by atoms with Crippen LogP contribution in [0.15, 0.2) is 10.8 Å². The van der Waals surface area contributed by atoms with Crippen LogP contribution in [0.4, 0.5) is 4.79 Å². The zero-order valence-corrected chi connectivity index (χ0v) is 16.9. The van der Waals surface area contributed by atoms with E-state index in [2.05, 4.69) is 31.2 Å². The van der Waals surface area contributed by atoms with Gasteiger partial charge >= 0.3 is 6.09 Å². The molecule has 1 aliphatic heterocycles. The van der Waals surface area contributed by atoms with Gasteiger partial charge in [0.1, 0.15) is 10.2 Å². The van der Waals surface area contributed by atoms with E-state index in [4.69, 9.17) is 16.3 Å². The third-order valence-electron chi connectivity index (χ3n) is 3.64. The molecule has 1 saturated heterocycles. The van der Waals surface area contributed by atoms with Crippen LogP contribution in [0.25, 0.3) is 0 Å². The van der Waals surface area contributed by atoms with E-state index in [1.54, 1.807) is 4.90 Å². The number of ether oxygens (including phenoxy) is 1. The summed E-state index contributed by atoms with van der Waals surface area (Å²) < 4.78 is 5.93. The Morgan fingerprint density at radius 1 is 1.48 bits per heavy atom. The minimum Gasteiger partial charge on any atom is -0.444 e. The first-order valence-electron chi connectivity index (χ1n) is 8.08. The summed E-state index contributed by atoms with van der Waals surface area (Å²) in [4.78, 5) is 34.4. The Morgan fingerprint density at radius 3 is 2.88 bits per heavy atom. The van der Waals surface area contributed by atoms with Crippen molar-refractivity contribution in [1.29, 1.82) is 0 Å². The molecule has 0 bridgehead atoms. The molecule has 9 heteroatoms. The smallest absolute Gasteiger partial charge is 0.410 e. The second-order valence-corrected chi connectivity index (χ2v) is 8.08. The molecule has 1 aliphatic rings. The molecule has 1 atom stereocenters. The highest BCUT2D eigenvalue weighted by molar-refractivity contribution is 9.10. The van der Waals surface area contributed by atoms with Crippen molar-refractivity contribution in [3.05, 3.63) is 21.6 Å². The number of nitrogens with one attached hydrogen (secondary N) is 1. The standard InChI is InChI=1S/C16H22BrClN4O3/c1-16(2,3)25-15(24)22-6-4-5-10(9-22)14(23)20-7-11-13(18)19-8-12(17)21-11/h8,10H,4-7,9H2,1-3H3,(H,20,23)/t10-/m1/s1. The molecule has 0 unspecified atom stereocenters. The second-order valence-electron chi connectivity index (χ2n) is 6.91. The molecule has 1 N–H and O–H groups in total. The molecule has 0 aromatic carbocycles. The number of carbonyl (C=O) groups excluding carboxylic acids is 2. The molecule has 2 heterocycles. The van der Waals surface area contributed by atoms with Gasteiger partial charge in [0.05, 0.1) is 24.4 Å². The van der Waals surface area contributed by atoms with Crippen LogP contribution in [0.2, 0.25) is 5.15 Å². The fraction of sp³-hybridized carbons (Fsp3) is 0.625. The van der Waals surface area contributed by atoms with Crippen LogP contribution in [0.1, 0.15) is 39.3 Å². The molecule has 25 heavy (non-hydrogen) atoms. The monoisotopic (exact) mass is 432 g/mol. The summed E-state index contributed by atoms with van der Waals surface area (Å²) in [5.74, 6) is -0.411. The van der Waals surface area contributed by atoms with Gasteiger partial charge in [-0.2, -0.15) is 0 Å². The number of aromatic nitrogens is 2. The predicted octanol–water partition coefficient (Wildman–Crippen LogP) is 3.16. The van der Waals surface area contributed by atoms with E-state index in [9.17, 15) is 9.59 Å². The number of rotatable bonds is 3. The molecular weight excluding hydrogens is 412 g/mol. The fourth-order valence-corrected chi connectivity index (χ4v) is 2.97. The molecule has 138 valence electrons. The predicted molar refractivity (Wildman–Crippen MR) is 97.1 cm³/mol. The van der Waals surface area contributed by atoms with Crippen molar-refractivity contribution < 1.29 is 14.3 Å². The summed E-state index contributed by atoms with van der Waals surface area (Å²) in [7, 11) is 0. The highest BCUT2D eigenvalue weighted by atomic mass is 79.9. The number of halogens is 2. The van der Waals surface area contributed by atoms with E-state index in [1.165, 1.54) is 6.20 Å². The fourth-order valence-electron chi connectivity index (χ4n) is 2.50. The molecule has 7 nitrogen and oxygen atoms in total. The molecule has 0 aliphatic carbocycles. The summed E-state index contributed by atoms with van der Waals surface area (Å²) in [5.41, 5.74) is -0.0632. The first kappa shape index (κ1) is 19.9. The van der Waals surface area contributed by atoms with Gasteiger partial charge in [-0.3, -0.25) is 4.79 Å². The summed E-state index contributed by atoms with van der Waals surface area (Å²) in [6.07, 6.45) is 2.59. The average molecular weight is 434 g/mol. The van der Waals surface area contributed by atoms with Crippen molar-refractivity contribution >= 4 is 39.5 Å². The highest BCUT2D eigenvalue weighted by Gasteiger charge is 2.31. The van der Waals surface area contributed by atoms with Gasteiger partial charge in [-0.25, -0.2) is 14.8 Å². The number of piperidine rings is 1. The van der Waals surface area contributed by atoms with E-state index in [0.29, 0.717) is 23.4 Å². The number of likely N-dealkylation sites (tertiary alicyclic amines) is 1. The van der Waals surface area contributed by atoms with Gasteiger partial charge in [0.15, 0.2) is 5.15 Å². The maximum absolute atomic E-state index is 12.4. The molecule has 0 radical (unpaired) electrons. The number of carbonyl (C=O) groups is 2. The van der Waals surface area contributed by atoms with Gasteiger partial charge in [0.2, 0.25) is 5.91 Å². The topological polar surface area (TPSA) is 84.4 Å². The number of hydrogen-bond acceptors (Lipinski definition) is 5. The molecule has 2 rings (SSSR count). The van der Waals surface area contributed by atoms with Crippen LogP contribution in [0, 0.1) is 5.92 Å². The van der Waals surface area contributed by atoms with Crippen molar-refractivity contribution in [2.24, 2.45) is 5.92 Å². The highest BCUT2D eigenvalue weighted by Crippen LogP contribution is 2.20. The van der Waals surface area contributed by atoms with Crippen LogP contribution in [-0.2, 0) is 16.1 Å². The Morgan fingerprint density at radius 2 is 2.20 bits per heavy atom. The summed E-state index contributed by atoms with van der Waals surface area (Å²) in [6.45, 7) is 6.60. The maximum atomic E-state index is 12.4. The largest absolute Gasteiger partial charge is 0.444 e. The molecule has 0 saturated carbocycles. The number of nitrogens with zero attached hydrogens (tertiary/aromatic N) is 3. The van der Waals surface area contributed by atoms with E-state index in [0.717, 1.165) is 12.8 Å². The SMILES string of the molecule is CC(C)(C)OC(=O)N1CCC[C@@H](C(=O)NCc2nc(Br)cnc2Cl)C1. The average Bonchev–Trinajstić information content (AvgIpc) is 2.54. The summed E-state index contributed by atoms with van der Waals surface area (Å²) in [5, 5.41) is 3.07. The minimum absolute atomic E-state index is 0.133. The van der Waals surface area contributed by atoms with Crippen LogP contribution in [0.3, 0.4) is 0 Å². The van der Waals surface area contributed by atoms with Gasteiger partial charge in [0.25, 0.3) is 0 Å². The van der Waals surface area contributed by atoms with E-state index >= 15 is 0 Å². The Bertz CT molecular complexity index is 651. The van der Waals surface area contributed by atoms with Gasteiger partial charge < -0.3 is 15.0 Å². The summed E-state index contributed by atoms with van der Waals surface area (Å²) >= 11 is 9.20.